The lowest BCUT2D eigenvalue weighted by atomic mass is 10.2. The molecule has 2 aromatic carbocycles. The molecule has 0 aliphatic rings. The highest BCUT2D eigenvalue weighted by Crippen LogP contribution is 2.31. The molecule has 0 bridgehead atoms. The Balaban J connectivity index is 2.30. The summed E-state index contributed by atoms with van der Waals surface area (Å²) >= 11 is 5.02. The van der Waals surface area contributed by atoms with Gasteiger partial charge in [0.05, 0.1) is 5.56 Å². The van der Waals surface area contributed by atoms with Crippen molar-refractivity contribution >= 4 is 27.7 Å². The summed E-state index contributed by atoms with van der Waals surface area (Å²) in [7, 11) is 0. The van der Waals surface area contributed by atoms with Gasteiger partial charge in [-0.05, 0) is 48.9 Å². The van der Waals surface area contributed by atoms with Gasteiger partial charge in [-0.3, -0.25) is 0 Å². The normalized spacial score (nSPS) is 9.94. The second kappa shape index (κ2) is 5.39. The third-order valence-electron chi connectivity index (χ3n) is 2.30. The Labute approximate surface area is 114 Å². The Morgan fingerprint density at radius 1 is 1.12 bits per heavy atom. The van der Waals surface area contributed by atoms with Crippen molar-refractivity contribution in [3.8, 4) is 6.07 Å². The minimum Gasteiger partial charge on any atom is -0.192 e. The highest BCUT2D eigenvalue weighted by atomic mass is 79.9. The molecule has 0 aliphatic heterocycles. The van der Waals surface area contributed by atoms with Gasteiger partial charge < -0.3 is 0 Å². The number of benzene rings is 2. The lowest BCUT2D eigenvalue weighted by Crippen LogP contribution is -1.83. The number of nitriles is 1. The zero-order chi connectivity index (χ0) is 12.3. The summed E-state index contributed by atoms with van der Waals surface area (Å²) in [4.78, 5) is 2.13. The Kier molecular flexibility index (Phi) is 3.88. The molecule has 1 nitrogen and oxygen atoms in total. The Morgan fingerprint density at radius 3 is 2.47 bits per heavy atom. The van der Waals surface area contributed by atoms with Crippen LogP contribution >= 0.6 is 27.7 Å². The highest BCUT2D eigenvalue weighted by Gasteiger charge is 2.04. The molecule has 0 spiro atoms. The maximum atomic E-state index is 9.09. The highest BCUT2D eigenvalue weighted by molar-refractivity contribution is 9.10. The summed E-state index contributed by atoms with van der Waals surface area (Å²) in [5.41, 5.74) is 1.85. The van der Waals surface area contributed by atoms with Gasteiger partial charge in [-0.1, -0.05) is 33.8 Å². The summed E-state index contributed by atoms with van der Waals surface area (Å²) in [6.45, 7) is 1.99. The van der Waals surface area contributed by atoms with Crippen molar-refractivity contribution in [1.82, 2.24) is 0 Å². The first-order valence-corrected chi connectivity index (χ1v) is 6.74. The van der Waals surface area contributed by atoms with Gasteiger partial charge in [0.25, 0.3) is 0 Å². The lowest BCUT2D eigenvalue weighted by Gasteiger charge is -2.05. The first-order chi connectivity index (χ1) is 8.19. The van der Waals surface area contributed by atoms with Crippen LogP contribution in [0, 0.1) is 18.3 Å². The van der Waals surface area contributed by atoms with Crippen LogP contribution in [0.3, 0.4) is 0 Å². The van der Waals surface area contributed by atoms with E-state index in [2.05, 4.69) is 22.0 Å². The van der Waals surface area contributed by atoms with Gasteiger partial charge in [-0.15, -0.1) is 0 Å². The molecule has 0 aromatic heterocycles. The maximum absolute atomic E-state index is 9.09. The van der Waals surface area contributed by atoms with Crippen LogP contribution in [0.2, 0.25) is 0 Å². The zero-order valence-corrected chi connectivity index (χ0v) is 11.7. The van der Waals surface area contributed by atoms with E-state index in [4.69, 9.17) is 5.26 Å². The summed E-state index contributed by atoms with van der Waals surface area (Å²) in [6.07, 6.45) is 0. The Bertz CT molecular complexity index is 570. The first-order valence-electron chi connectivity index (χ1n) is 5.13. The Morgan fingerprint density at radius 2 is 1.82 bits per heavy atom. The summed E-state index contributed by atoms with van der Waals surface area (Å²) < 4.78 is 1.06. The predicted molar refractivity (Wildman–Crippen MR) is 74.2 cm³/mol. The van der Waals surface area contributed by atoms with Crippen molar-refractivity contribution in [3.63, 3.8) is 0 Å². The van der Waals surface area contributed by atoms with Crippen LogP contribution in [0.25, 0.3) is 0 Å². The van der Waals surface area contributed by atoms with Gasteiger partial charge in [0.1, 0.15) is 6.07 Å². The SMILES string of the molecule is Cc1ccc(Sc2ccc(Br)cc2)c(C#N)c1. The average molecular weight is 304 g/mol. The molecule has 0 unspecified atom stereocenters. The molecular weight excluding hydrogens is 294 g/mol. The summed E-state index contributed by atoms with van der Waals surface area (Å²) in [6, 6.07) is 16.3. The number of hydrogen-bond donors (Lipinski definition) is 0. The molecule has 0 radical (unpaired) electrons. The lowest BCUT2D eigenvalue weighted by molar-refractivity contribution is 1.31. The molecule has 0 atom stereocenters. The number of rotatable bonds is 2. The molecule has 0 saturated carbocycles. The second-order valence-corrected chi connectivity index (χ2v) is 5.70. The predicted octanol–water partition coefficient (Wildman–Crippen LogP) is 4.78. The fraction of sp³-hybridized carbons (Fsp3) is 0.0714. The van der Waals surface area contributed by atoms with Crippen LogP contribution in [-0.4, -0.2) is 0 Å². The third kappa shape index (κ3) is 3.12. The fourth-order valence-electron chi connectivity index (χ4n) is 1.45. The van der Waals surface area contributed by atoms with Crippen molar-refractivity contribution in [2.24, 2.45) is 0 Å². The van der Waals surface area contributed by atoms with E-state index in [1.807, 2.05) is 49.4 Å². The van der Waals surface area contributed by atoms with Crippen molar-refractivity contribution in [3.05, 3.63) is 58.1 Å². The molecule has 2 aromatic rings. The van der Waals surface area contributed by atoms with Crippen molar-refractivity contribution in [1.29, 1.82) is 5.26 Å². The number of halogens is 1. The molecule has 0 N–H and O–H groups in total. The van der Waals surface area contributed by atoms with Crippen molar-refractivity contribution in [2.75, 3.05) is 0 Å². The van der Waals surface area contributed by atoms with E-state index >= 15 is 0 Å². The van der Waals surface area contributed by atoms with Gasteiger partial charge in [0, 0.05) is 14.3 Å². The van der Waals surface area contributed by atoms with Crippen LogP contribution < -0.4 is 0 Å². The number of aryl methyl sites for hydroxylation is 1. The molecule has 84 valence electrons. The second-order valence-electron chi connectivity index (χ2n) is 3.67. The van der Waals surface area contributed by atoms with Crippen LogP contribution in [0.15, 0.2) is 56.7 Å². The van der Waals surface area contributed by atoms with Crippen LogP contribution in [-0.2, 0) is 0 Å². The van der Waals surface area contributed by atoms with Gasteiger partial charge >= 0.3 is 0 Å². The van der Waals surface area contributed by atoms with E-state index in [0.717, 1.165) is 25.4 Å². The van der Waals surface area contributed by atoms with Crippen molar-refractivity contribution in [2.45, 2.75) is 16.7 Å². The monoisotopic (exact) mass is 303 g/mol. The van der Waals surface area contributed by atoms with E-state index in [-0.39, 0.29) is 0 Å². The molecule has 3 heteroatoms. The Hall–Kier alpha value is -1.24. The molecule has 17 heavy (non-hydrogen) atoms. The van der Waals surface area contributed by atoms with Crippen molar-refractivity contribution < 1.29 is 0 Å². The standard InChI is InChI=1S/C14H10BrNS/c1-10-2-7-14(11(8-10)9-16)17-13-5-3-12(15)4-6-13/h2-8H,1H3. The molecule has 0 fully saturated rings. The topological polar surface area (TPSA) is 23.8 Å². The van der Waals surface area contributed by atoms with Crippen LogP contribution in [0.1, 0.15) is 11.1 Å². The van der Waals surface area contributed by atoms with Gasteiger partial charge in [-0.2, -0.15) is 5.26 Å². The van der Waals surface area contributed by atoms with Crippen LogP contribution in [0.4, 0.5) is 0 Å². The van der Waals surface area contributed by atoms with Gasteiger partial charge in [0.2, 0.25) is 0 Å². The van der Waals surface area contributed by atoms with Gasteiger partial charge in [-0.25, -0.2) is 0 Å². The first kappa shape index (κ1) is 12.2. The fourth-order valence-corrected chi connectivity index (χ4v) is 2.59. The van der Waals surface area contributed by atoms with Gasteiger partial charge in [0.15, 0.2) is 0 Å². The largest absolute Gasteiger partial charge is 0.192 e. The molecule has 0 aliphatic carbocycles. The molecular formula is C14H10BrNS. The smallest absolute Gasteiger partial charge is 0.100 e. The molecule has 0 heterocycles. The number of hydrogen-bond acceptors (Lipinski definition) is 2. The van der Waals surface area contributed by atoms with E-state index in [1.54, 1.807) is 11.8 Å². The summed E-state index contributed by atoms with van der Waals surface area (Å²) in [5.74, 6) is 0. The maximum Gasteiger partial charge on any atom is 0.100 e. The van der Waals surface area contributed by atoms with Crippen LogP contribution in [0.5, 0.6) is 0 Å². The zero-order valence-electron chi connectivity index (χ0n) is 9.27. The molecule has 2 rings (SSSR count). The summed E-state index contributed by atoms with van der Waals surface area (Å²) in [5, 5.41) is 9.09. The number of nitrogens with zero attached hydrogens (tertiary/aromatic N) is 1. The van der Waals surface area contributed by atoms with E-state index in [0.29, 0.717) is 0 Å². The quantitative estimate of drug-likeness (QED) is 0.797. The van der Waals surface area contributed by atoms with E-state index in [1.165, 1.54) is 0 Å². The third-order valence-corrected chi connectivity index (χ3v) is 3.91. The van der Waals surface area contributed by atoms with E-state index in [9.17, 15) is 0 Å². The average Bonchev–Trinajstić information content (AvgIpc) is 2.34. The minimum absolute atomic E-state index is 0.734. The van der Waals surface area contributed by atoms with E-state index < -0.39 is 0 Å². The molecule has 0 amide bonds. The molecule has 0 saturated heterocycles. The minimum atomic E-state index is 0.734.